The van der Waals surface area contributed by atoms with Crippen LogP contribution in [-0.2, 0) is 12.6 Å². The SMILES string of the molecule is CCCc1nc2c(N)cc(C(F)(F)F)cn2n1. The highest BCUT2D eigenvalue weighted by Crippen LogP contribution is 2.31. The highest BCUT2D eigenvalue weighted by atomic mass is 19.4. The smallest absolute Gasteiger partial charge is 0.396 e. The van der Waals surface area contributed by atoms with Gasteiger partial charge in [-0.3, -0.25) is 0 Å². The van der Waals surface area contributed by atoms with Crippen molar-refractivity contribution in [1.29, 1.82) is 0 Å². The standard InChI is InChI=1S/C10H11F3N4/c1-2-3-8-15-9-7(14)4-6(10(11,12)13)5-17(9)16-8/h4-5H,2-3,14H2,1H3. The summed E-state index contributed by atoms with van der Waals surface area (Å²) < 4.78 is 38.7. The molecule has 0 amide bonds. The molecule has 2 N–H and O–H groups in total. The number of rotatable bonds is 2. The summed E-state index contributed by atoms with van der Waals surface area (Å²) in [6.45, 7) is 1.94. The van der Waals surface area contributed by atoms with Crippen molar-refractivity contribution in [3.05, 3.63) is 23.7 Å². The Balaban J connectivity index is 2.57. The summed E-state index contributed by atoms with van der Waals surface area (Å²) in [5.41, 5.74) is 4.96. The van der Waals surface area contributed by atoms with Gasteiger partial charge in [0.2, 0.25) is 0 Å². The third-order valence-corrected chi connectivity index (χ3v) is 2.31. The van der Waals surface area contributed by atoms with Crippen LogP contribution in [0.1, 0.15) is 24.7 Å². The van der Waals surface area contributed by atoms with Gasteiger partial charge in [-0.1, -0.05) is 6.92 Å². The normalized spacial score (nSPS) is 12.2. The molecular formula is C10H11F3N4. The molecule has 0 radical (unpaired) electrons. The number of nitrogens with two attached hydrogens (primary N) is 1. The summed E-state index contributed by atoms with van der Waals surface area (Å²) in [6.07, 6.45) is -2.09. The maximum absolute atomic E-state index is 12.5. The van der Waals surface area contributed by atoms with E-state index in [9.17, 15) is 13.2 Å². The van der Waals surface area contributed by atoms with E-state index < -0.39 is 11.7 Å². The van der Waals surface area contributed by atoms with Crippen LogP contribution in [0.4, 0.5) is 18.9 Å². The van der Waals surface area contributed by atoms with E-state index in [1.165, 1.54) is 0 Å². The van der Waals surface area contributed by atoms with Crippen LogP contribution in [0.3, 0.4) is 0 Å². The molecule has 7 heteroatoms. The Morgan fingerprint density at radius 1 is 1.41 bits per heavy atom. The highest BCUT2D eigenvalue weighted by molar-refractivity contribution is 5.65. The molecule has 2 rings (SSSR count). The minimum atomic E-state index is -4.43. The quantitative estimate of drug-likeness (QED) is 0.881. The largest absolute Gasteiger partial charge is 0.417 e. The predicted octanol–water partition coefficient (Wildman–Crippen LogP) is 2.28. The number of fused-ring (bicyclic) bond motifs is 1. The Hall–Kier alpha value is -1.79. The van der Waals surface area contributed by atoms with Crippen LogP contribution in [0.25, 0.3) is 5.65 Å². The first-order valence-electron chi connectivity index (χ1n) is 5.13. The molecule has 0 aliphatic carbocycles. The highest BCUT2D eigenvalue weighted by Gasteiger charge is 2.32. The lowest BCUT2D eigenvalue weighted by atomic mass is 10.2. The van der Waals surface area contributed by atoms with Crippen molar-refractivity contribution in [1.82, 2.24) is 14.6 Å². The van der Waals surface area contributed by atoms with Gasteiger partial charge in [-0.25, -0.2) is 9.50 Å². The summed E-state index contributed by atoms with van der Waals surface area (Å²) in [5, 5.41) is 3.96. The second-order valence-electron chi connectivity index (χ2n) is 3.73. The topological polar surface area (TPSA) is 56.2 Å². The second kappa shape index (κ2) is 3.90. The van der Waals surface area contributed by atoms with E-state index in [1.807, 2.05) is 6.92 Å². The number of hydrogen-bond donors (Lipinski definition) is 1. The van der Waals surface area contributed by atoms with Gasteiger partial charge in [0.25, 0.3) is 0 Å². The predicted molar refractivity (Wildman–Crippen MR) is 56.4 cm³/mol. The summed E-state index contributed by atoms with van der Waals surface area (Å²) >= 11 is 0. The Bertz CT molecular complexity index is 544. The van der Waals surface area contributed by atoms with Crippen molar-refractivity contribution < 1.29 is 13.2 Å². The zero-order chi connectivity index (χ0) is 12.6. The van der Waals surface area contributed by atoms with Crippen molar-refractivity contribution in [2.75, 3.05) is 5.73 Å². The molecule has 0 fully saturated rings. The monoisotopic (exact) mass is 244 g/mol. The van der Waals surface area contributed by atoms with Gasteiger partial charge < -0.3 is 5.73 Å². The molecule has 4 nitrogen and oxygen atoms in total. The molecule has 0 saturated carbocycles. The van der Waals surface area contributed by atoms with Crippen molar-refractivity contribution in [2.24, 2.45) is 0 Å². The molecule has 0 aliphatic rings. The van der Waals surface area contributed by atoms with Crippen molar-refractivity contribution in [2.45, 2.75) is 25.9 Å². The molecule has 0 aromatic carbocycles. The summed E-state index contributed by atoms with van der Waals surface area (Å²) in [6, 6.07) is 0.875. The average Bonchev–Trinajstić information content (AvgIpc) is 2.60. The minimum absolute atomic E-state index is 0.0188. The molecule has 0 aliphatic heterocycles. The Kier molecular flexibility index (Phi) is 2.68. The summed E-state index contributed by atoms with van der Waals surface area (Å²) in [5.74, 6) is 0.499. The number of pyridine rings is 1. The summed E-state index contributed by atoms with van der Waals surface area (Å²) in [4.78, 5) is 4.08. The van der Waals surface area contributed by atoms with Gasteiger partial charge in [0.05, 0.1) is 11.3 Å². The lowest BCUT2D eigenvalue weighted by Gasteiger charge is -2.07. The molecule has 2 aromatic rings. The minimum Gasteiger partial charge on any atom is -0.396 e. The van der Waals surface area contributed by atoms with Crippen LogP contribution < -0.4 is 5.73 Å². The molecule has 2 aromatic heterocycles. The van der Waals surface area contributed by atoms with E-state index in [0.29, 0.717) is 12.2 Å². The van der Waals surface area contributed by atoms with Gasteiger partial charge >= 0.3 is 6.18 Å². The molecule has 0 spiro atoms. The van der Waals surface area contributed by atoms with Gasteiger partial charge in [0.15, 0.2) is 11.5 Å². The van der Waals surface area contributed by atoms with Crippen LogP contribution in [0.15, 0.2) is 12.3 Å². The van der Waals surface area contributed by atoms with E-state index in [0.717, 1.165) is 23.2 Å². The van der Waals surface area contributed by atoms with Crippen LogP contribution in [-0.4, -0.2) is 14.6 Å². The third kappa shape index (κ3) is 2.17. The number of alkyl halides is 3. The molecule has 0 unspecified atom stereocenters. The first-order valence-corrected chi connectivity index (χ1v) is 5.13. The second-order valence-corrected chi connectivity index (χ2v) is 3.73. The number of halogens is 3. The van der Waals surface area contributed by atoms with E-state index in [4.69, 9.17) is 5.73 Å². The first kappa shape index (κ1) is 11.7. The molecule has 0 saturated heterocycles. The Morgan fingerprint density at radius 3 is 2.71 bits per heavy atom. The van der Waals surface area contributed by atoms with Gasteiger partial charge in [-0.2, -0.15) is 18.3 Å². The number of aryl methyl sites for hydroxylation is 1. The fourth-order valence-electron chi connectivity index (χ4n) is 1.54. The fourth-order valence-corrected chi connectivity index (χ4v) is 1.54. The molecular weight excluding hydrogens is 233 g/mol. The third-order valence-electron chi connectivity index (χ3n) is 2.31. The van der Waals surface area contributed by atoms with Gasteiger partial charge in [0.1, 0.15) is 0 Å². The van der Waals surface area contributed by atoms with Crippen molar-refractivity contribution in [3.8, 4) is 0 Å². The Morgan fingerprint density at radius 2 is 2.12 bits per heavy atom. The van der Waals surface area contributed by atoms with E-state index in [1.54, 1.807) is 0 Å². The van der Waals surface area contributed by atoms with E-state index in [2.05, 4.69) is 10.1 Å². The lowest BCUT2D eigenvalue weighted by Crippen LogP contribution is -2.08. The number of anilines is 1. The lowest BCUT2D eigenvalue weighted by molar-refractivity contribution is -0.137. The van der Waals surface area contributed by atoms with Crippen LogP contribution in [0, 0.1) is 0 Å². The van der Waals surface area contributed by atoms with Crippen LogP contribution >= 0.6 is 0 Å². The molecule has 0 atom stereocenters. The van der Waals surface area contributed by atoms with Gasteiger partial charge in [0, 0.05) is 12.6 Å². The van der Waals surface area contributed by atoms with Gasteiger partial charge in [-0.15, -0.1) is 0 Å². The maximum Gasteiger partial charge on any atom is 0.417 e. The summed E-state index contributed by atoms with van der Waals surface area (Å²) in [7, 11) is 0. The molecule has 17 heavy (non-hydrogen) atoms. The van der Waals surface area contributed by atoms with Gasteiger partial charge in [-0.05, 0) is 12.5 Å². The average molecular weight is 244 g/mol. The van der Waals surface area contributed by atoms with Crippen molar-refractivity contribution >= 4 is 11.3 Å². The molecule has 92 valence electrons. The van der Waals surface area contributed by atoms with Crippen LogP contribution in [0.2, 0.25) is 0 Å². The maximum atomic E-state index is 12.5. The fraction of sp³-hybridized carbons (Fsp3) is 0.400. The zero-order valence-corrected chi connectivity index (χ0v) is 9.12. The number of hydrogen-bond acceptors (Lipinski definition) is 3. The Labute approximate surface area is 95.3 Å². The number of nitrogen functional groups attached to an aromatic ring is 1. The molecule has 2 heterocycles. The van der Waals surface area contributed by atoms with E-state index >= 15 is 0 Å². The number of nitrogens with zero attached hydrogens (tertiary/aromatic N) is 3. The van der Waals surface area contributed by atoms with Crippen molar-refractivity contribution in [3.63, 3.8) is 0 Å². The van der Waals surface area contributed by atoms with E-state index in [-0.39, 0.29) is 11.3 Å². The molecule has 0 bridgehead atoms. The first-order chi connectivity index (χ1) is 7.91. The number of aromatic nitrogens is 3. The zero-order valence-electron chi connectivity index (χ0n) is 9.12. The van der Waals surface area contributed by atoms with Crippen LogP contribution in [0.5, 0.6) is 0 Å².